The smallest absolute Gasteiger partial charge is 0.251 e. The SMILES string of the molecule is COc1cccc(OC2=CC(=O)N([C@@H](CC3CCCC3)C(=O)Nc3ccn(C[C@@H](O)CO)n3)C2)c1C1CC1. The second-order valence-electron chi connectivity index (χ2n) is 10.5. The van der Waals surface area contributed by atoms with Gasteiger partial charge in [0, 0.05) is 23.9 Å². The van der Waals surface area contributed by atoms with E-state index in [4.69, 9.17) is 14.6 Å². The topological polar surface area (TPSA) is 126 Å². The third kappa shape index (κ3) is 6.02. The lowest BCUT2D eigenvalue weighted by molar-refractivity contribution is -0.134. The number of nitrogens with one attached hydrogen (secondary N) is 1. The van der Waals surface area contributed by atoms with Crippen LogP contribution in [0.3, 0.4) is 0 Å². The monoisotopic (exact) mass is 524 g/mol. The summed E-state index contributed by atoms with van der Waals surface area (Å²) >= 11 is 0. The first-order valence-electron chi connectivity index (χ1n) is 13.4. The molecule has 1 aliphatic heterocycles. The van der Waals surface area contributed by atoms with Crippen molar-refractivity contribution in [1.29, 1.82) is 0 Å². The van der Waals surface area contributed by atoms with Crippen LogP contribution in [-0.2, 0) is 16.1 Å². The zero-order valence-electron chi connectivity index (χ0n) is 21.7. The molecule has 10 nitrogen and oxygen atoms in total. The molecule has 0 bridgehead atoms. The Kier molecular flexibility index (Phi) is 7.99. The average Bonchev–Trinajstić information content (AvgIpc) is 3.24. The van der Waals surface area contributed by atoms with Crippen LogP contribution in [-0.4, -0.2) is 69.1 Å². The first kappa shape index (κ1) is 26.2. The van der Waals surface area contributed by atoms with Crippen molar-refractivity contribution in [2.75, 3.05) is 25.6 Å². The van der Waals surface area contributed by atoms with Gasteiger partial charge in [0.05, 0.1) is 32.9 Å². The number of aliphatic hydroxyl groups excluding tert-OH is 2. The number of carbonyl (C=O) groups excluding carboxylic acids is 2. The van der Waals surface area contributed by atoms with Crippen LogP contribution in [0, 0.1) is 5.92 Å². The molecule has 5 rings (SSSR count). The highest BCUT2D eigenvalue weighted by Crippen LogP contribution is 2.49. The maximum Gasteiger partial charge on any atom is 0.251 e. The summed E-state index contributed by atoms with van der Waals surface area (Å²) in [5, 5.41) is 25.9. The number of carbonyl (C=O) groups is 2. The Morgan fingerprint density at radius 2 is 1.95 bits per heavy atom. The Labute approximate surface area is 222 Å². The molecule has 2 amide bonds. The number of nitrogens with zero attached hydrogens (tertiary/aromatic N) is 3. The molecule has 2 atom stereocenters. The summed E-state index contributed by atoms with van der Waals surface area (Å²) in [6.45, 7) is -0.0558. The molecule has 0 unspecified atom stereocenters. The van der Waals surface area contributed by atoms with Crippen LogP contribution in [0.5, 0.6) is 11.5 Å². The second-order valence-corrected chi connectivity index (χ2v) is 10.5. The standard InChI is InChI=1S/C28H36N4O6/c1-37-23-7-4-8-24(27(23)19-9-10-19)38-21-14-26(35)32(16-21)22(13-18-5-2-3-6-18)28(36)29-25-11-12-31(30-25)15-20(34)17-33/h4,7-8,11-12,14,18-20,22,33-34H,2-3,5-6,9-10,13,15-17H2,1H3,(H,29,30,36)/t20-,22+/m1/s1. The second kappa shape index (κ2) is 11.6. The first-order chi connectivity index (χ1) is 18.4. The third-order valence-electron chi connectivity index (χ3n) is 7.58. The van der Waals surface area contributed by atoms with Gasteiger partial charge in [-0.2, -0.15) is 5.10 Å². The summed E-state index contributed by atoms with van der Waals surface area (Å²) in [7, 11) is 1.65. The average molecular weight is 525 g/mol. The number of hydrogen-bond donors (Lipinski definition) is 3. The van der Waals surface area contributed by atoms with E-state index >= 15 is 0 Å². The van der Waals surface area contributed by atoms with Crippen molar-refractivity contribution >= 4 is 17.6 Å². The molecule has 0 spiro atoms. The van der Waals surface area contributed by atoms with E-state index < -0.39 is 12.1 Å². The molecule has 3 N–H and O–H groups in total. The van der Waals surface area contributed by atoms with Crippen molar-refractivity contribution in [2.24, 2.45) is 5.92 Å². The molecular formula is C28H36N4O6. The molecule has 204 valence electrons. The highest BCUT2D eigenvalue weighted by molar-refractivity contribution is 5.99. The van der Waals surface area contributed by atoms with Crippen LogP contribution in [0.4, 0.5) is 5.82 Å². The van der Waals surface area contributed by atoms with Crippen molar-refractivity contribution in [3.05, 3.63) is 47.9 Å². The Hall–Kier alpha value is -3.37. The predicted molar refractivity (Wildman–Crippen MR) is 140 cm³/mol. The summed E-state index contributed by atoms with van der Waals surface area (Å²) in [5.41, 5.74) is 1.03. The van der Waals surface area contributed by atoms with Gasteiger partial charge in [-0.05, 0) is 43.2 Å². The van der Waals surface area contributed by atoms with Crippen LogP contribution in [0.25, 0.3) is 0 Å². The van der Waals surface area contributed by atoms with E-state index in [1.807, 2.05) is 18.2 Å². The number of hydrogen-bond acceptors (Lipinski definition) is 7. The maximum absolute atomic E-state index is 13.5. The van der Waals surface area contributed by atoms with Gasteiger partial charge in [0.15, 0.2) is 5.82 Å². The summed E-state index contributed by atoms with van der Waals surface area (Å²) in [6, 6.07) is 6.68. The van der Waals surface area contributed by atoms with Crippen LogP contribution in [0.1, 0.15) is 56.4 Å². The van der Waals surface area contributed by atoms with Gasteiger partial charge in [-0.1, -0.05) is 31.7 Å². The van der Waals surface area contributed by atoms with E-state index in [1.165, 1.54) is 10.8 Å². The van der Waals surface area contributed by atoms with Gasteiger partial charge in [0.1, 0.15) is 23.3 Å². The van der Waals surface area contributed by atoms with Crippen LogP contribution in [0.2, 0.25) is 0 Å². The molecular weight excluding hydrogens is 488 g/mol. The summed E-state index contributed by atoms with van der Waals surface area (Å²) in [4.78, 5) is 28.2. The minimum Gasteiger partial charge on any atom is -0.496 e. The fraction of sp³-hybridized carbons (Fsp3) is 0.536. The molecule has 1 aromatic heterocycles. The predicted octanol–water partition coefficient (Wildman–Crippen LogP) is 2.81. The van der Waals surface area contributed by atoms with Crippen LogP contribution < -0.4 is 14.8 Å². The van der Waals surface area contributed by atoms with Crippen LogP contribution in [0.15, 0.2) is 42.3 Å². The van der Waals surface area contributed by atoms with E-state index in [2.05, 4.69) is 10.4 Å². The molecule has 3 aliphatic rings. The Morgan fingerprint density at radius 3 is 2.66 bits per heavy atom. The number of anilines is 1. The third-order valence-corrected chi connectivity index (χ3v) is 7.58. The highest BCUT2D eigenvalue weighted by atomic mass is 16.5. The Bertz CT molecular complexity index is 1180. The fourth-order valence-electron chi connectivity index (χ4n) is 5.49. The summed E-state index contributed by atoms with van der Waals surface area (Å²) < 4.78 is 13.3. The highest BCUT2D eigenvalue weighted by Gasteiger charge is 2.37. The van der Waals surface area contributed by atoms with Gasteiger partial charge in [0.2, 0.25) is 5.91 Å². The van der Waals surface area contributed by atoms with E-state index in [9.17, 15) is 14.7 Å². The molecule has 1 aromatic carbocycles. The van der Waals surface area contributed by atoms with E-state index in [0.717, 1.165) is 49.8 Å². The lowest BCUT2D eigenvalue weighted by atomic mass is 9.96. The number of amides is 2. The van der Waals surface area contributed by atoms with Gasteiger partial charge in [0.25, 0.3) is 5.91 Å². The number of aliphatic hydroxyl groups is 2. The van der Waals surface area contributed by atoms with Crippen LogP contribution >= 0.6 is 0 Å². The summed E-state index contributed by atoms with van der Waals surface area (Å²) in [6.07, 6.45) is 9.28. The summed E-state index contributed by atoms with van der Waals surface area (Å²) in [5.74, 6) is 2.56. The number of rotatable bonds is 12. The quantitative estimate of drug-likeness (QED) is 0.390. The number of methoxy groups -OCH3 is 1. The largest absolute Gasteiger partial charge is 0.496 e. The Balaban J connectivity index is 1.30. The minimum absolute atomic E-state index is 0.111. The molecule has 0 saturated heterocycles. The fourth-order valence-corrected chi connectivity index (χ4v) is 5.49. The van der Waals surface area contributed by atoms with Gasteiger partial charge in [-0.3, -0.25) is 14.3 Å². The molecule has 2 aromatic rings. The van der Waals surface area contributed by atoms with Gasteiger partial charge in [-0.15, -0.1) is 0 Å². The van der Waals surface area contributed by atoms with Crippen molar-refractivity contribution < 1.29 is 29.3 Å². The molecule has 38 heavy (non-hydrogen) atoms. The van der Waals surface area contributed by atoms with Gasteiger partial charge in [-0.25, -0.2) is 0 Å². The number of aromatic nitrogens is 2. The molecule has 2 heterocycles. The minimum atomic E-state index is -0.940. The van der Waals surface area contributed by atoms with Crippen molar-refractivity contribution in [2.45, 2.75) is 69.6 Å². The van der Waals surface area contributed by atoms with Crippen molar-refractivity contribution in [3.63, 3.8) is 0 Å². The lowest BCUT2D eigenvalue weighted by Crippen LogP contribution is -2.46. The number of benzene rings is 1. The van der Waals surface area contributed by atoms with E-state index in [-0.39, 0.29) is 31.5 Å². The number of ether oxygens (including phenoxy) is 2. The molecule has 2 saturated carbocycles. The Morgan fingerprint density at radius 1 is 1.18 bits per heavy atom. The lowest BCUT2D eigenvalue weighted by Gasteiger charge is -2.29. The first-order valence-corrected chi connectivity index (χ1v) is 13.4. The molecule has 2 aliphatic carbocycles. The normalized spacial score (nSPS) is 19.4. The van der Waals surface area contributed by atoms with Crippen molar-refractivity contribution in [1.82, 2.24) is 14.7 Å². The van der Waals surface area contributed by atoms with E-state index in [0.29, 0.717) is 35.6 Å². The molecule has 10 heteroatoms. The molecule has 2 fully saturated rings. The zero-order valence-corrected chi connectivity index (χ0v) is 21.7. The van der Waals surface area contributed by atoms with E-state index in [1.54, 1.807) is 24.3 Å². The van der Waals surface area contributed by atoms with Crippen molar-refractivity contribution in [3.8, 4) is 11.5 Å². The van der Waals surface area contributed by atoms with Gasteiger partial charge >= 0.3 is 0 Å². The molecule has 0 radical (unpaired) electrons. The maximum atomic E-state index is 13.5. The zero-order chi connectivity index (χ0) is 26.6. The van der Waals surface area contributed by atoms with Gasteiger partial charge < -0.3 is 29.9 Å².